The number of aromatic nitrogens is 1. The fourth-order valence-electron chi connectivity index (χ4n) is 3.10. The maximum absolute atomic E-state index is 13.0. The summed E-state index contributed by atoms with van der Waals surface area (Å²) in [5.41, 5.74) is 2.32. The van der Waals surface area contributed by atoms with Gasteiger partial charge in [-0.2, -0.15) is 5.26 Å². The second kappa shape index (κ2) is 6.62. The number of nitriles is 1. The van der Waals surface area contributed by atoms with Gasteiger partial charge in [-0.3, -0.25) is 0 Å². The molecule has 3 heteroatoms. The molecule has 1 aromatic carbocycles. The maximum atomic E-state index is 13.0. The molecule has 0 unspecified atom stereocenters. The van der Waals surface area contributed by atoms with Crippen LogP contribution in [-0.2, 0) is 0 Å². The highest BCUT2D eigenvalue weighted by molar-refractivity contribution is 5.89. The summed E-state index contributed by atoms with van der Waals surface area (Å²) in [7, 11) is 0. The molecule has 0 aliphatic heterocycles. The molecule has 1 aliphatic rings. The van der Waals surface area contributed by atoms with Gasteiger partial charge < -0.3 is 4.57 Å². The summed E-state index contributed by atoms with van der Waals surface area (Å²) >= 11 is 0. The minimum atomic E-state index is -0.288. The van der Waals surface area contributed by atoms with Gasteiger partial charge >= 0.3 is 0 Å². The number of allylic oxidation sites excluding steroid dienone is 1. The van der Waals surface area contributed by atoms with Crippen LogP contribution in [-0.4, -0.2) is 4.57 Å². The van der Waals surface area contributed by atoms with Gasteiger partial charge in [-0.05, 0) is 48.2 Å². The highest BCUT2D eigenvalue weighted by Crippen LogP contribution is 2.29. The van der Waals surface area contributed by atoms with Gasteiger partial charge in [0.25, 0.3) is 0 Å². The number of rotatable bonds is 3. The number of hydrogen-bond acceptors (Lipinski definition) is 1. The van der Waals surface area contributed by atoms with E-state index in [9.17, 15) is 9.65 Å². The molecule has 22 heavy (non-hydrogen) atoms. The van der Waals surface area contributed by atoms with Crippen molar-refractivity contribution in [2.75, 3.05) is 0 Å². The maximum Gasteiger partial charge on any atom is 0.123 e. The Morgan fingerprint density at radius 3 is 2.55 bits per heavy atom. The first kappa shape index (κ1) is 14.6. The molecule has 0 N–H and O–H groups in total. The van der Waals surface area contributed by atoms with E-state index in [1.54, 1.807) is 12.1 Å². The van der Waals surface area contributed by atoms with E-state index in [-0.39, 0.29) is 5.82 Å². The van der Waals surface area contributed by atoms with Gasteiger partial charge in [0.15, 0.2) is 0 Å². The summed E-state index contributed by atoms with van der Waals surface area (Å²) in [4.78, 5) is 0. The fraction of sp³-hybridized carbons (Fsp3) is 0.316. The van der Waals surface area contributed by atoms with Gasteiger partial charge in [0.05, 0.1) is 11.6 Å². The molecule has 0 spiro atoms. The van der Waals surface area contributed by atoms with E-state index < -0.39 is 0 Å². The van der Waals surface area contributed by atoms with Gasteiger partial charge in [-0.15, -0.1) is 0 Å². The first-order chi connectivity index (χ1) is 10.8. The van der Waals surface area contributed by atoms with E-state index in [1.807, 2.05) is 12.1 Å². The van der Waals surface area contributed by atoms with Crippen molar-refractivity contribution in [3.63, 3.8) is 0 Å². The normalized spacial score (nSPS) is 16.5. The SMILES string of the molecule is N#C/C(=C\c1ccn(C2CCCCC2)c1)c1ccc(F)cc1. The first-order valence-corrected chi connectivity index (χ1v) is 7.81. The third-order valence-corrected chi connectivity index (χ3v) is 4.32. The molecule has 0 atom stereocenters. The first-order valence-electron chi connectivity index (χ1n) is 7.81. The van der Waals surface area contributed by atoms with Crippen molar-refractivity contribution in [2.24, 2.45) is 0 Å². The zero-order valence-electron chi connectivity index (χ0n) is 12.5. The monoisotopic (exact) mass is 294 g/mol. The van der Waals surface area contributed by atoms with E-state index in [2.05, 4.69) is 23.0 Å². The summed E-state index contributed by atoms with van der Waals surface area (Å²) in [6.45, 7) is 0. The smallest absolute Gasteiger partial charge is 0.123 e. The zero-order chi connectivity index (χ0) is 15.4. The molecule has 0 bridgehead atoms. The van der Waals surface area contributed by atoms with Gasteiger partial charge in [-0.1, -0.05) is 31.4 Å². The number of nitrogens with zero attached hydrogens (tertiary/aromatic N) is 2. The Bertz CT molecular complexity index is 698. The Morgan fingerprint density at radius 1 is 1.14 bits per heavy atom. The van der Waals surface area contributed by atoms with Gasteiger partial charge in [0.1, 0.15) is 5.82 Å². The molecule has 0 radical (unpaired) electrons. The molecule has 0 saturated heterocycles. The van der Waals surface area contributed by atoms with E-state index in [4.69, 9.17) is 0 Å². The molecule has 3 rings (SSSR count). The van der Waals surface area contributed by atoms with Crippen LogP contribution in [0.1, 0.15) is 49.3 Å². The molecular formula is C19H19FN2. The fourth-order valence-corrected chi connectivity index (χ4v) is 3.10. The van der Waals surface area contributed by atoms with E-state index >= 15 is 0 Å². The molecule has 1 fully saturated rings. The Morgan fingerprint density at radius 2 is 1.86 bits per heavy atom. The molecule has 112 valence electrons. The van der Waals surface area contributed by atoms with Crippen LogP contribution in [0.4, 0.5) is 4.39 Å². The molecule has 0 amide bonds. The zero-order valence-corrected chi connectivity index (χ0v) is 12.5. The van der Waals surface area contributed by atoms with E-state index in [1.165, 1.54) is 44.2 Å². The van der Waals surface area contributed by atoms with Gasteiger partial charge in [0.2, 0.25) is 0 Å². The molecule has 1 aromatic heterocycles. The minimum absolute atomic E-state index is 0.288. The number of hydrogen-bond donors (Lipinski definition) is 0. The lowest BCUT2D eigenvalue weighted by Crippen LogP contribution is -2.10. The third-order valence-electron chi connectivity index (χ3n) is 4.32. The highest BCUT2D eigenvalue weighted by Gasteiger charge is 2.14. The van der Waals surface area contributed by atoms with Crippen molar-refractivity contribution in [1.82, 2.24) is 4.57 Å². The average Bonchev–Trinajstić information content (AvgIpc) is 3.03. The summed E-state index contributed by atoms with van der Waals surface area (Å²) in [5.74, 6) is -0.288. The molecular weight excluding hydrogens is 275 g/mol. The lowest BCUT2D eigenvalue weighted by molar-refractivity contribution is 0.354. The van der Waals surface area contributed by atoms with Crippen molar-refractivity contribution >= 4 is 11.6 Å². The lowest BCUT2D eigenvalue weighted by Gasteiger charge is -2.23. The molecule has 1 aliphatic carbocycles. The Kier molecular flexibility index (Phi) is 4.39. The predicted molar refractivity (Wildman–Crippen MR) is 86.4 cm³/mol. The lowest BCUT2D eigenvalue weighted by atomic mass is 9.95. The van der Waals surface area contributed by atoms with E-state index in [0.717, 1.165) is 11.1 Å². The van der Waals surface area contributed by atoms with Crippen molar-refractivity contribution in [3.8, 4) is 6.07 Å². The van der Waals surface area contributed by atoms with Crippen molar-refractivity contribution in [1.29, 1.82) is 5.26 Å². The molecule has 2 aromatic rings. The van der Waals surface area contributed by atoms with Crippen LogP contribution in [0.25, 0.3) is 11.6 Å². The quantitative estimate of drug-likeness (QED) is 0.715. The topological polar surface area (TPSA) is 28.7 Å². The standard InChI is InChI=1S/C19H19FN2/c20-18-8-6-16(7-9-18)17(13-21)12-15-10-11-22(14-15)19-4-2-1-3-5-19/h6-12,14,19H,1-5H2/b17-12+. The van der Waals surface area contributed by atoms with Crippen LogP contribution in [0.2, 0.25) is 0 Å². The van der Waals surface area contributed by atoms with Gasteiger partial charge in [-0.25, -0.2) is 4.39 Å². The summed E-state index contributed by atoms with van der Waals surface area (Å²) in [5, 5.41) is 9.35. The van der Waals surface area contributed by atoms with E-state index in [0.29, 0.717) is 11.6 Å². The van der Waals surface area contributed by atoms with Crippen LogP contribution in [0, 0.1) is 17.1 Å². The van der Waals surface area contributed by atoms with Crippen LogP contribution >= 0.6 is 0 Å². The van der Waals surface area contributed by atoms with Crippen LogP contribution in [0.15, 0.2) is 42.7 Å². The average molecular weight is 294 g/mol. The number of benzene rings is 1. The largest absolute Gasteiger partial charge is 0.351 e. The third kappa shape index (κ3) is 3.28. The Hall–Kier alpha value is -2.34. The van der Waals surface area contributed by atoms with Crippen molar-refractivity contribution in [2.45, 2.75) is 38.1 Å². The Balaban J connectivity index is 1.82. The van der Waals surface area contributed by atoms with Crippen molar-refractivity contribution < 1.29 is 4.39 Å². The van der Waals surface area contributed by atoms with Crippen LogP contribution in [0.3, 0.4) is 0 Å². The highest BCUT2D eigenvalue weighted by atomic mass is 19.1. The summed E-state index contributed by atoms with van der Waals surface area (Å²) in [6.07, 6.45) is 12.5. The predicted octanol–water partition coefficient (Wildman–Crippen LogP) is 5.20. The second-order valence-corrected chi connectivity index (χ2v) is 5.86. The molecule has 1 heterocycles. The number of halogens is 1. The minimum Gasteiger partial charge on any atom is -0.351 e. The summed E-state index contributed by atoms with van der Waals surface area (Å²) < 4.78 is 15.3. The van der Waals surface area contributed by atoms with Gasteiger partial charge in [0, 0.05) is 18.4 Å². The molecule has 1 saturated carbocycles. The Labute approximate surface area is 130 Å². The second-order valence-electron chi connectivity index (χ2n) is 5.86. The van der Waals surface area contributed by atoms with Crippen LogP contribution in [0.5, 0.6) is 0 Å². The van der Waals surface area contributed by atoms with Crippen molar-refractivity contribution in [3.05, 3.63) is 59.7 Å². The van der Waals surface area contributed by atoms with Crippen LogP contribution < -0.4 is 0 Å². The molecule has 2 nitrogen and oxygen atoms in total. The summed E-state index contributed by atoms with van der Waals surface area (Å²) in [6, 6.07) is 10.9.